The van der Waals surface area contributed by atoms with Crippen LogP contribution in [0.4, 0.5) is 0 Å². The van der Waals surface area contributed by atoms with E-state index in [0.717, 1.165) is 29.7 Å². The van der Waals surface area contributed by atoms with Crippen LogP contribution < -0.4 is 5.32 Å². The number of hydrogen-bond acceptors (Lipinski definition) is 4. The summed E-state index contributed by atoms with van der Waals surface area (Å²) in [5, 5.41) is 2.93. The number of pyridine rings is 1. The Hall–Kier alpha value is -3.22. The predicted octanol–water partition coefficient (Wildman–Crippen LogP) is 3.83. The number of fused-ring (bicyclic) bond motifs is 1. The van der Waals surface area contributed by atoms with E-state index < -0.39 is 0 Å². The van der Waals surface area contributed by atoms with Crippen LogP contribution >= 0.6 is 0 Å². The summed E-state index contributed by atoms with van der Waals surface area (Å²) in [5.41, 5.74) is 2.36. The van der Waals surface area contributed by atoms with Crippen molar-refractivity contribution in [2.45, 2.75) is 65.6 Å². The highest BCUT2D eigenvalue weighted by Crippen LogP contribution is 2.19. The zero-order valence-electron chi connectivity index (χ0n) is 19.4. The minimum atomic E-state index is -0.147. The standard InChI is InChI=1S/C25H33N5O2/c1-5-18(3)30(19(4)6-2)24(31)17-29-22-10-8-7-9-21(22)28-23(29)13-16-27-25(32)20-11-14-26-15-12-20/h7-12,14-15,18-19H,5-6,13,16-17H2,1-4H3,(H,27,32). The molecule has 0 fully saturated rings. The fourth-order valence-corrected chi connectivity index (χ4v) is 3.92. The monoisotopic (exact) mass is 435 g/mol. The second kappa shape index (κ2) is 10.9. The normalized spacial score (nSPS) is 13.0. The number of aromatic nitrogens is 3. The molecular weight excluding hydrogens is 402 g/mol. The average Bonchev–Trinajstić information content (AvgIpc) is 3.16. The second-order valence-corrected chi connectivity index (χ2v) is 8.16. The van der Waals surface area contributed by atoms with Gasteiger partial charge in [-0.1, -0.05) is 26.0 Å². The molecule has 2 unspecified atom stereocenters. The molecule has 3 rings (SSSR count). The molecule has 32 heavy (non-hydrogen) atoms. The van der Waals surface area contributed by atoms with Crippen LogP contribution in [0.25, 0.3) is 11.0 Å². The Labute approximate surface area is 189 Å². The Bertz CT molecular complexity index is 1040. The molecule has 2 amide bonds. The molecule has 0 bridgehead atoms. The molecule has 2 heterocycles. The zero-order valence-corrected chi connectivity index (χ0v) is 19.4. The van der Waals surface area contributed by atoms with E-state index in [1.54, 1.807) is 24.5 Å². The number of imidazole rings is 1. The molecule has 3 aromatic rings. The SMILES string of the molecule is CCC(C)N(C(=O)Cn1c(CCNC(=O)c2ccncc2)nc2ccccc21)C(C)CC. The van der Waals surface area contributed by atoms with Gasteiger partial charge in [0.25, 0.3) is 5.91 Å². The second-order valence-electron chi connectivity index (χ2n) is 8.16. The van der Waals surface area contributed by atoms with Crippen LogP contribution in [-0.2, 0) is 17.8 Å². The summed E-state index contributed by atoms with van der Waals surface area (Å²) in [5.74, 6) is 0.743. The molecule has 170 valence electrons. The molecule has 0 saturated carbocycles. The first kappa shape index (κ1) is 23.4. The summed E-state index contributed by atoms with van der Waals surface area (Å²) in [6, 6.07) is 11.6. The van der Waals surface area contributed by atoms with E-state index in [1.165, 1.54) is 0 Å². The van der Waals surface area contributed by atoms with Gasteiger partial charge in [0.05, 0.1) is 11.0 Å². The van der Waals surface area contributed by atoms with Crippen molar-refractivity contribution in [1.29, 1.82) is 0 Å². The highest BCUT2D eigenvalue weighted by molar-refractivity contribution is 5.93. The average molecular weight is 436 g/mol. The Morgan fingerprint density at radius 1 is 1.03 bits per heavy atom. The molecule has 1 N–H and O–H groups in total. The summed E-state index contributed by atoms with van der Waals surface area (Å²) in [4.78, 5) is 36.4. The fraction of sp³-hybridized carbons (Fsp3) is 0.440. The molecule has 0 saturated heterocycles. The highest BCUT2D eigenvalue weighted by Gasteiger charge is 2.25. The van der Waals surface area contributed by atoms with Gasteiger partial charge in [0, 0.05) is 43.0 Å². The first-order valence-corrected chi connectivity index (χ1v) is 11.4. The summed E-state index contributed by atoms with van der Waals surface area (Å²) in [6.45, 7) is 9.09. The maximum absolute atomic E-state index is 13.4. The van der Waals surface area contributed by atoms with E-state index in [0.29, 0.717) is 18.5 Å². The van der Waals surface area contributed by atoms with Gasteiger partial charge >= 0.3 is 0 Å². The summed E-state index contributed by atoms with van der Waals surface area (Å²) in [6.07, 6.45) is 5.55. The Morgan fingerprint density at radius 3 is 2.34 bits per heavy atom. The maximum Gasteiger partial charge on any atom is 0.251 e. The minimum absolute atomic E-state index is 0.0962. The van der Waals surface area contributed by atoms with Gasteiger partial charge in [-0.2, -0.15) is 0 Å². The van der Waals surface area contributed by atoms with Crippen molar-refractivity contribution >= 4 is 22.8 Å². The topological polar surface area (TPSA) is 80.1 Å². The first-order chi connectivity index (χ1) is 15.5. The lowest BCUT2D eigenvalue weighted by molar-refractivity contribution is -0.136. The number of para-hydroxylation sites is 2. The molecule has 7 nitrogen and oxygen atoms in total. The number of carbonyl (C=O) groups excluding carboxylic acids is 2. The van der Waals surface area contributed by atoms with Gasteiger partial charge in [-0.05, 0) is 51.0 Å². The number of nitrogens with one attached hydrogen (secondary N) is 1. The summed E-state index contributed by atoms with van der Waals surface area (Å²) in [7, 11) is 0. The van der Waals surface area contributed by atoms with Crippen LogP contribution in [0.15, 0.2) is 48.8 Å². The van der Waals surface area contributed by atoms with Crippen molar-refractivity contribution in [2.75, 3.05) is 6.54 Å². The van der Waals surface area contributed by atoms with Crippen LogP contribution in [0.2, 0.25) is 0 Å². The van der Waals surface area contributed by atoms with Crippen LogP contribution in [0.5, 0.6) is 0 Å². The third kappa shape index (κ3) is 5.33. The summed E-state index contributed by atoms with van der Waals surface area (Å²) >= 11 is 0. The van der Waals surface area contributed by atoms with Crippen LogP contribution in [-0.4, -0.2) is 49.9 Å². The Balaban J connectivity index is 1.79. The number of benzene rings is 1. The van der Waals surface area contributed by atoms with Crippen molar-refractivity contribution in [3.05, 3.63) is 60.2 Å². The van der Waals surface area contributed by atoms with Crippen LogP contribution in [0, 0.1) is 0 Å². The Kier molecular flexibility index (Phi) is 7.98. The van der Waals surface area contributed by atoms with Gasteiger partial charge in [-0.25, -0.2) is 4.98 Å². The zero-order chi connectivity index (χ0) is 23.1. The minimum Gasteiger partial charge on any atom is -0.352 e. The quantitative estimate of drug-likeness (QED) is 0.525. The van der Waals surface area contributed by atoms with E-state index in [2.05, 4.69) is 38.0 Å². The van der Waals surface area contributed by atoms with Crippen molar-refractivity contribution in [3.8, 4) is 0 Å². The Morgan fingerprint density at radius 2 is 1.69 bits per heavy atom. The molecule has 0 spiro atoms. The number of carbonyl (C=O) groups is 2. The number of nitrogens with zero attached hydrogens (tertiary/aromatic N) is 4. The van der Waals surface area contributed by atoms with Crippen molar-refractivity contribution in [2.24, 2.45) is 0 Å². The third-order valence-electron chi connectivity index (χ3n) is 6.02. The molecule has 0 aliphatic heterocycles. The smallest absolute Gasteiger partial charge is 0.251 e. The lowest BCUT2D eigenvalue weighted by atomic mass is 10.1. The number of amides is 2. The molecule has 0 aliphatic carbocycles. The number of hydrogen-bond donors (Lipinski definition) is 1. The molecule has 7 heteroatoms. The van der Waals surface area contributed by atoms with Gasteiger partial charge in [0.1, 0.15) is 12.4 Å². The van der Waals surface area contributed by atoms with E-state index in [9.17, 15) is 9.59 Å². The van der Waals surface area contributed by atoms with Crippen molar-refractivity contribution in [1.82, 2.24) is 24.8 Å². The predicted molar refractivity (Wildman–Crippen MR) is 126 cm³/mol. The molecule has 0 radical (unpaired) electrons. The lowest BCUT2D eigenvalue weighted by Crippen LogP contribution is -2.46. The van der Waals surface area contributed by atoms with Gasteiger partial charge in [0.15, 0.2) is 0 Å². The van der Waals surface area contributed by atoms with E-state index in [-0.39, 0.29) is 30.4 Å². The van der Waals surface area contributed by atoms with Gasteiger partial charge in [-0.3, -0.25) is 14.6 Å². The van der Waals surface area contributed by atoms with Crippen molar-refractivity contribution < 1.29 is 9.59 Å². The van der Waals surface area contributed by atoms with Gasteiger partial charge < -0.3 is 14.8 Å². The van der Waals surface area contributed by atoms with Crippen LogP contribution in [0.1, 0.15) is 56.7 Å². The lowest BCUT2D eigenvalue weighted by Gasteiger charge is -2.34. The molecule has 1 aromatic carbocycles. The van der Waals surface area contributed by atoms with E-state index in [1.807, 2.05) is 33.7 Å². The fourth-order valence-electron chi connectivity index (χ4n) is 3.92. The van der Waals surface area contributed by atoms with E-state index in [4.69, 9.17) is 4.98 Å². The van der Waals surface area contributed by atoms with Gasteiger partial charge in [0.2, 0.25) is 5.91 Å². The van der Waals surface area contributed by atoms with Crippen molar-refractivity contribution in [3.63, 3.8) is 0 Å². The maximum atomic E-state index is 13.4. The summed E-state index contributed by atoms with van der Waals surface area (Å²) < 4.78 is 1.99. The van der Waals surface area contributed by atoms with Gasteiger partial charge in [-0.15, -0.1) is 0 Å². The number of rotatable bonds is 10. The van der Waals surface area contributed by atoms with E-state index >= 15 is 0 Å². The molecule has 2 atom stereocenters. The molecule has 0 aliphatic rings. The largest absolute Gasteiger partial charge is 0.352 e. The first-order valence-electron chi connectivity index (χ1n) is 11.4. The highest BCUT2D eigenvalue weighted by atomic mass is 16.2. The molecule has 2 aromatic heterocycles. The molecular formula is C25H33N5O2. The third-order valence-corrected chi connectivity index (χ3v) is 6.02. The van der Waals surface area contributed by atoms with Crippen LogP contribution in [0.3, 0.4) is 0 Å².